The number of H-pyrrole nitrogens is 1. The Morgan fingerprint density at radius 2 is 1.80 bits per heavy atom. The number of phenolic OH excluding ortho intramolecular Hbond substituents is 1. The fourth-order valence-corrected chi connectivity index (χ4v) is 2.23. The average molecular weight is 262 g/mol. The zero-order valence-corrected chi connectivity index (χ0v) is 9.38. The number of rotatable bonds is 0. The third kappa shape index (κ3) is 1.16. The number of hydrogen-bond donors (Lipinski definition) is 2. The summed E-state index contributed by atoms with van der Waals surface area (Å²) in [6.07, 6.45) is 0. The molecule has 0 bridgehead atoms. The number of aromatic nitrogens is 1. The lowest BCUT2D eigenvalue weighted by Gasteiger charge is -1.98. The molecule has 0 saturated carbocycles. The minimum Gasteiger partial charge on any atom is -0.506 e. The molecule has 1 heterocycles. The zero-order valence-electron chi connectivity index (χ0n) is 7.79. The SMILES string of the molecule is Oc1c(Br)ccc2[nH]c3ccccc3c12. The molecule has 0 fully saturated rings. The van der Waals surface area contributed by atoms with Crippen LogP contribution in [0.2, 0.25) is 0 Å². The summed E-state index contributed by atoms with van der Waals surface area (Å²) in [6.45, 7) is 0. The molecule has 3 aromatic rings. The Hall–Kier alpha value is -1.48. The van der Waals surface area contributed by atoms with Crippen LogP contribution in [0.5, 0.6) is 5.75 Å². The van der Waals surface area contributed by atoms with E-state index in [0.717, 1.165) is 26.3 Å². The van der Waals surface area contributed by atoms with Crippen molar-refractivity contribution >= 4 is 37.7 Å². The number of phenols is 1. The molecule has 2 aromatic carbocycles. The normalized spacial score (nSPS) is 11.3. The Morgan fingerprint density at radius 3 is 2.67 bits per heavy atom. The predicted octanol–water partition coefficient (Wildman–Crippen LogP) is 3.79. The molecule has 1 aromatic heterocycles. The van der Waals surface area contributed by atoms with Gasteiger partial charge in [-0.1, -0.05) is 18.2 Å². The highest BCUT2D eigenvalue weighted by Gasteiger charge is 2.09. The molecule has 0 aliphatic carbocycles. The third-order valence-corrected chi connectivity index (χ3v) is 3.23. The van der Waals surface area contributed by atoms with Crippen LogP contribution in [-0.2, 0) is 0 Å². The maximum absolute atomic E-state index is 9.98. The van der Waals surface area contributed by atoms with E-state index in [4.69, 9.17) is 0 Å². The van der Waals surface area contributed by atoms with Crippen molar-refractivity contribution in [1.29, 1.82) is 0 Å². The van der Waals surface area contributed by atoms with Crippen molar-refractivity contribution in [2.75, 3.05) is 0 Å². The summed E-state index contributed by atoms with van der Waals surface area (Å²) in [5, 5.41) is 11.9. The second-order valence-electron chi connectivity index (χ2n) is 3.49. The van der Waals surface area contributed by atoms with Crippen molar-refractivity contribution in [2.45, 2.75) is 0 Å². The van der Waals surface area contributed by atoms with Gasteiger partial charge in [-0.25, -0.2) is 0 Å². The number of aromatic hydroxyl groups is 1. The molecular weight excluding hydrogens is 254 g/mol. The van der Waals surface area contributed by atoms with Gasteiger partial charge in [0.2, 0.25) is 0 Å². The van der Waals surface area contributed by atoms with Crippen molar-refractivity contribution < 1.29 is 5.11 Å². The van der Waals surface area contributed by atoms with Gasteiger partial charge in [0, 0.05) is 10.9 Å². The molecule has 0 atom stereocenters. The summed E-state index contributed by atoms with van der Waals surface area (Å²) in [4.78, 5) is 3.27. The molecule has 0 aliphatic rings. The summed E-state index contributed by atoms with van der Waals surface area (Å²) in [5.41, 5.74) is 2.00. The van der Waals surface area contributed by atoms with Crippen molar-refractivity contribution in [3.8, 4) is 5.75 Å². The van der Waals surface area contributed by atoms with E-state index in [9.17, 15) is 5.11 Å². The van der Waals surface area contributed by atoms with Crippen LogP contribution >= 0.6 is 15.9 Å². The highest BCUT2D eigenvalue weighted by molar-refractivity contribution is 9.10. The lowest BCUT2D eigenvalue weighted by Crippen LogP contribution is -1.71. The molecule has 0 amide bonds. The topological polar surface area (TPSA) is 36.0 Å². The van der Waals surface area contributed by atoms with Crippen molar-refractivity contribution in [1.82, 2.24) is 4.98 Å². The second kappa shape index (κ2) is 3.00. The standard InChI is InChI=1S/C12H8BrNO/c13-8-5-6-10-11(12(8)15)7-3-1-2-4-9(7)14-10/h1-6,14-15H. The summed E-state index contributed by atoms with van der Waals surface area (Å²) >= 11 is 3.32. The van der Waals surface area contributed by atoms with E-state index >= 15 is 0 Å². The first-order chi connectivity index (χ1) is 7.27. The Bertz CT molecular complexity index is 657. The number of nitrogens with one attached hydrogen (secondary N) is 1. The monoisotopic (exact) mass is 261 g/mol. The van der Waals surface area contributed by atoms with E-state index in [1.807, 2.05) is 36.4 Å². The molecule has 0 saturated heterocycles. The number of benzene rings is 2. The highest BCUT2D eigenvalue weighted by atomic mass is 79.9. The number of halogens is 1. The molecule has 2 N–H and O–H groups in total. The second-order valence-corrected chi connectivity index (χ2v) is 4.34. The van der Waals surface area contributed by atoms with Crippen molar-refractivity contribution in [2.24, 2.45) is 0 Å². The molecule has 0 aliphatic heterocycles. The minimum atomic E-state index is 0.296. The van der Waals surface area contributed by atoms with Gasteiger partial charge < -0.3 is 10.1 Å². The Labute approximate surface area is 94.7 Å². The van der Waals surface area contributed by atoms with Crippen molar-refractivity contribution in [3.63, 3.8) is 0 Å². The summed E-state index contributed by atoms with van der Waals surface area (Å²) in [7, 11) is 0. The fourth-order valence-electron chi connectivity index (χ4n) is 1.90. The lowest BCUT2D eigenvalue weighted by atomic mass is 10.1. The minimum absolute atomic E-state index is 0.296. The maximum Gasteiger partial charge on any atom is 0.139 e. The quantitative estimate of drug-likeness (QED) is 0.635. The Kier molecular flexibility index (Phi) is 1.76. The zero-order chi connectivity index (χ0) is 10.4. The molecule has 0 radical (unpaired) electrons. The summed E-state index contributed by atoms with van der Waals surface area (Å²) in [5.74, 6) is 0.296. The van der Waals surface area contributed by atoms with E-state index in [1.165, 1.54) is 0 Å². The van der Waals surface area contributed by atoms with Gasteiger partial charge in [-0.2, -0.15) is 0 Å². The number of fused-ring (bicyclic) bond motifs is 3. The highest BCUT2D eigenvalue weighted by Crippen LogP contribution is 2.37. The van der Waals surface area contributed by atoms with Crippen LogP contribution in [0.1, 0.15) is 0 Å². The molecular formula is C12H8BrNO. The van der Waals surface area contributed by atoms with Crippen LogP contribution in [0.3, 0.4) is 0 Å². The van der Waals surface area contributed by atoms with E-state index in [0.29, 0.717) is 5.75 Å². The average Bonchev–Trinajstić information content (AvgIpc) is 2.62. The van der Waals surface area contributed by atoms with Crippen LogP contribution in [0.15, 0.2) is 40.9 Å². The van der Waals surface area contributed by atoms with E-state index in [2.05, 4.69) is 20.9 Å². The van der Waals surface area contributed by atoms with Gasteiger partial charge in [-0.15, -0.1) is 0 Å². The largest absolute Gasteiger partial charge is 0.506 e. The molecule has 15 heavy (non-hydrogen) atoms. The first-order valence-electron chi connectivity index (χ1n) is 4.65. The predicted molar refractivity (Wildman–Crippen MR) is 65.2 cm³/mol. The molecule has 3 heteroatoms. The number of aromatic amines is 1. The number of hydrogen-bond acceptors (Lipinski definition) is 1. The van der Waals surface area contributed by atoms with Crippen LogP contribution < -0.4 is 0 Å². The van der Waals surface area contributed by atoms with E-state index in [1.54, 1.807) is 0 Å². The Morgan fingerprint density at radius 1 is 1.00 bits per heavy atom. The lowest BCUT2D eigenvalue weighted by molar-refractivity contribution is 0.479. The van der Waals surface area contributed by atoms with Crippen LogP contribution in [0.4, 0.5) is 0 Å². The van der Waals surface area contributed by atoms with Gasteiger partial charge in [-0.3, -0.25) is 0 Å². The van der Waals surface area contributed by atoms with Gasteiger partial charge in [-0.05, 0) is 34.1 Å². The molecule has 3 rings (SSSR count). The molecule has 0 spiro atoms. The van der Waals surface area contributed by atoms with Gasteiger partial charge in [0.05, 0.1) is 15.4 Å². The third-order valence-electron chi connectivity index (χ3n) is 2.59. The summed E-state index contributed by atoms with van der Waals surface area (Å²) < 4.78 is 0.722. The molecule has 2 nitrogen and oxygen atoms in total. The van der Waals surface area contributed by atoms with E-state index < -0.39 is 0 Å². The first kappa shape index (κ1) is 8.80. The van der Waals surface area contributed by atoms with Gasteiger partial charge >= 0.3 is 0 Å². The van der Waals surface area contributed by atoms with Crippen LogP contribution in [0.25, 0.3) is 21.8 Å². The smallest absolute Gasteiger partial charge is 0.139 e. The van der Waals surface area contributed by atoms with Gasteiger partial charge in [0.15, 0.2) is 0 Å². The van der Waals surface area contributed by atoms with E-state index in [-0.39, 0.29) is 0 Å². The molecule has 0 unspecified atom stereocenters. The Balaban J connectivity index is 2.63. The van der Waals surface area contributed by atoms with Crippen LogP contribution in [0, 0.1) is 0 Å². The van der Waals surface area contributed by atoms with Crippen LogP contribution in [-0.4, -0.2) is 10.1 Å². The van der Waals surface area contributed by atoms with Gasteiger partial charge in [0.1, 0.15) is 5.75 Å². The maximum atomic E-state index is 9.98. The van der Waals surface area contributed by atoms with Crippen molar-refractivity contribution in [3.05, 3.63) is 40.9 Å². The summed E-state index contributed by atoms with van der Waals surface area (Å²) in [6, 6.07) is 11.7. The number of para-hydroxylation sites is 1. The molecule has 74 valence electrons. The fraction of sp³-hybridized carbons (Fsp3) is 0. The first-order valence-corrected chi connectivity index (χ1v) is 5.44. The van der Waals surface area contributed by atoms with Gasteiger partial charge in [0.25, 0.3) is 0 Å².